The first kappa shape index (κ1) is 21.1. The lowest BCUT2D eigenvalue weighted by molar-refractivity contribution is 0.0515. The second-order valence-electron chi connectivity index (χ2n) is 6.76. The lowest BCUT2D eigenvalue weighted by Gasteiger charge is -2.08. The number of rotatable bonds is 11. The number of ether oxygens (including phenoxy) is 1. The van der Waals surface area contributed by atoms with Gasteiger partial charge in [-0.05, 0) is 25.3 Å². The minimum atomic E-state index is -0.777. The normalized spacial score (nSPS) is 11.0. The topological polar surface area (TPSA) is 42.1 Å². The van der Waals surface area contributed by atoms with E-state index >= 15 is 0 Å². The van der Waals surface area contributed by atoms with Gasteiger partial charge in [-0.1, -0.05) is 63.6 Å². The molecule has 1 N–H and O–H groups in total. The molecule has 0 aliphatic carbocycles. The highest BCUT2D eigenvalue weighted by Crippen LogP contribution is 2.30. The Morgan fingerprint density at radius 2 is 1.67 bits per heavy atom. The van der Waals surface area contributed by atoms with Crippen molar-refractivity contribution < 1.29 is 18.3 Å². The van der Waals surface area contributed by atoms with Crippen molar-refractivity contribution >= 4 is 5.97 Å². The van der Waals surface area contributed by atoms with E-state index in [2.05, 4.69) is 11.9 Å². The van der Waals surface area contributed by atoms with Gasteiger partial charge in [-0.15, -0.1) is 0 Å². The molecule has 148 valence electrons. The van der Waals surface area contributed by atoms with Crippen LogP contribution < -0.4 is 0 Å². The van der Waals surface area contributed by atoms with Gasteiger partial charge >= 0.3 is 5.97 Å². The number of aromatic nitrogens is 1. The molecule has 0 fully saturated rings. The number of halogens is 2. The van der Waals surface area contributed by atoms with Gasteiger partial charge in [-0.25, -0.2) is 13.6 Å². The number of aryl methyl sites for hydroxylation is 1. The first-order valence-electron chi connectivity index (χ1n) is 9.91. The number of benzene rings is 1. The highest BCUT2D eigenvalue weighted by Gasteiger charge is 2.22. The average Bonchev–Trinajstić information content (AvgIpc) is 3.04. The summed E-state index contributed by atoms with van der Waals surface area (Å²) in [5, 5.41) is 0. The monoisotopic (exact) mass is 377 g/mol. The minimum absolute atomic E-state index is 0.0527. The van der Waals surface area contributed by atoms with Crippen molar-refractivity contribution in [1.82, 2.24) is 4.98 Å². The molecule has 0 aliphatic rings. The highest BCUT2D eigenvalue weighted by molar-refractivity contribution is 5.90. The van der Waals surface area contributed by atoms with E-state index in [1.165, 1.54) is 37.9 Å². The maximum absolute atomic E-state index is 14.9. The number of hydrogen-bond donors (Lipinski definition) is 1. The van der Waals surface area contributed by atoms with Crippen LogP contribution >= 0.6 is 0 Å². The van der Waals surface area contributed by atoms with Crippen LogP contribution in [0, 0.1) is 11.6 Å². The fourth-order valence-electron chi connectivity index (χ4n) is 3.21. The lowest BCUT2D eigenvalue weighted by atomic mass is 9.99. The van der Waals surface area contributed by atoms with Crippen molar-refractivity contribution in [3.8, 4) is 11.1 Å². The molecule has 5 heteroatoms. The smallest absolute Gasteiger partial charge is 0.357 e. The summed E-state index contributed by atoms with van der Waals surface area (Å²) in [5.41, 5.74) is 0.528. The average molecular weight is 377 g/mol. The van der Waals surface area contributed by atoms with E-state index in [9.17, 15) is 13.6 Å². The van der Waals surface area contributed by atoms with Crippen LogP contribution in [0.1, 0.15) is 74.8 Å². The van der Waals surface area contributed by atoms with Crippen molar-refractivity contribution in [3.05, 3.63) is 47.3 Å². The Hall–Kier alpha value is -2.17. The number of unbranched alkanes of at least 4 members (excludes halogenated alkanes) is 6. The molecule has 0 saturated carbocycles. The summed E-state index contributed by atoms with van der Waals surface area (Å²) in [5.74, 6) is -1.97. The Labute approximate surface area is 160 Å². The van der Waals surface area contributed by atoms with Crippen LogP contribution in [0.4, 0.5) is 8.78 Å². The van der Waals surface area contributed by atoms with E-state index < -0.39 is 17.6 Å². The van der Waals surface area contributed by atoms with Crippen LogP contribution in [0.15, 0.2) is 24.4 Å². The highest BCUT2D eigenvalue weighted by atomic mass is 19.1. The SMILES string of the molecule is CCCCCCCCCc1cccc(-c2c[nH]c(C(=O)OCC)c2F)c1F. The molecule has 0 amide bonds. The fraction of sp³-hybridized carbons (Fsp3) is 0.500. The molecule has 2 aromatic rings. The third kappa shape index (κ3) is 5.65. The Morgan fingerprint density at radius 3 is 2.37 bits per heavy atom. The summed E-state index contributed by atoms with van der Waals surface area (Å²) in [4.78, 5) is 14.3. The number of carbonyl (C=O) groups excluding carboxylic acids is 1. The van der Waals surface area contributed by atoms with Gasteiger partial charge in [0, 0.05) is 17.3 Å². The summed E-state index contributed by atoms with van der Waals surface area (Å²) in [7, 11) is 0. The van der Waals surface area contributed by atoms with Crippen LogP contribution in [0.3, 0.4) is 0 Å². The van der Waals surface area contributed by atoms with Crippen LogP contribution in [0.25, 0.3) is 11.1 Å². The molecule has 2 rings (SSSR count). The second-order valence-corrected chi connectivity index (χ2v) is 6.76. The molecular formula is C22H29F2NO2. The number of esters is 1. The van der Waals surface area contributed by atoms with Gasteiger partial charge in [-0.2, -0.15) is 0 Å². The van der Waals surface area contributed by atoms with Crippen molar-refractivity contribution in [2.24, 2.45) is 0 Å². The van der Waals surface area contributed by atoms with Gasteiger partial charge in [0.25, 0.3) is 0 Å². The minimum Gasteiger partial charge on any atom is -0.461 e. The maximum atomic E-state index is 14.9. The lowest BCUT2D eigenvalue weighted by Crippen LogP contribution is -2.07. The zero-order valence-electron chi connectivity index (χ0n) is 16.2. The zero-order valence-corrected chi connectivity index (χ0v) is 16.2. The molecule has 1 aromatic heterocycles. The Bertz CT molecular complexity index is 740. The molecule has 0 radical (unpaired) electrons. The second kappa shape index (κ2) is 10.9. The van der Waals surface area contributed by atoms with Gasteiger partial charge < -0.3 is 9.72 Å². The molecule has 0 spiro atoms. The summed E-state index contributed by atoms with van der Waals surface area (Å²) in [6.45, 7) is 3.99. The van der Waals surface area contributed by atoms with Crippen LogP contribution in [0.5, 0.6) is 0 Å². The number of aromatic amines is 1. The third-order valence-corrected chi connectivity index (χ3v) is 4.71. The first-order valence-corrected chi connectivity index (χ1v) is 9.91. The first-order chi connectivity index (χ1) is 13.1. The zero-order chi connectivity index (χ0) is 19.6. The summed E-state index contributed by atoms with van der Waals surface area (Å²) in [6, 6.07) is 5.00. The number of carbonyl (C=O) groups is 1. The van der Waals surface area contributed by atoms with Gasteiger partial charge in [0.05, 0.1) is 6.61 Å². The van der Waals surface area contributed by atoms with Crippen molar-refractivity contribution in [3.63, 3.8) is 0 Å². The maximum Gasteiger partial charge on any atom is 0.357 e. The molecule has 0 bridgehead atoms. The fourth-order valence-corrected chi connectivity index (χ4v) is 3.21. The molecule has 0 saturated heterocycles. The van der Waals surface area contributed by atoms with E-state index in [1.54, 1.807) is 19.1 Å². The summed E-state index contributed by atoms with van der Waals surface area (Å²) >= 11 is 0. The van der Waals surface area contributed by atoms with Crippen molar-refractivity contribution in [1.29, 1.82) is 0 Å². The van der Waals surface area contributed by atoms with E-state index in [4.69, 9.17) is 4.74 Å². The van der Waals surface area contributed by atoms with E-state index in [0.29, 0.717) is 12.0 Å². The molecule has 1 aromatic carbocycles. The van der Waals surface area contributed by atoms with Gasteiger partial charge in [0.15, 0.2) is 11.5 Å². The van der Waals surface area contributed by atoms with Crippen molar-refractivity contribution in [2.45, 2.75) is 65.2 Å². The predicted octanol–water partition coefficient (Wildman–Crippen LogP) is 6.43. The molecule has 3 nitrogen and oxygen atoms in total. The third-order valence-electron chi connectivity index (χ3n) is 4.71. The molecule has 0 aliphatic heterocycles. The van der Waals surface area contributed by atoms with Crippen molar-refractivity contribution in [2.75, 3.05) is 6.61 Å². The van der Waals surface area contributed by atoms with Crippen LogP contribution in [-0.2, 0) is 11.2 Å². The largest absolute Gasteiger partial charge is 0.461 e. The standard InChI is InChI=1S/C22H29F2NO2/c1-3-5-6-7-8-9-10-12-16-13-11-14-17(19(16)23)18-15-25-21(20(18)24)22(26)27-4-2/h11,13-15,25H,3-10,12H2,1-2H3. The summed E-state index contributed by atoms with van der Waals surface area (Å²) in [6.07, 6.45) is 10.1. The quantitative estimate of drug-likeness (QED) is 0.362. The van der Waals surface area contributed by atoms with E-state index in [-0.39, 0.29) is 23.4 Å². The van der Waals surface area contributed by atoms with Gasteiger partial charge in [-0.3, -0.25) is 0 Å². The predicted molar refractivity (Wildman–Crippen MR) is 104 cm³/mol. The molecule has 0 unspecified atom stereocenters. The molecule has 0 atom stereocenters. The summed E-state index contributed by atoms with van der Waals surface area (Å²) < 4.78 is 34.2. The van der Waals surface area contributed by atoms with Gasteiger partial charge in [0.1, 0.15) is 5.82 Å². The molecule has 27 heavy (non-hydrogen) atoms. The number of hydrogen-bond acceptors (Lipinski definition) is 2. The van der Waals surface area contributed by atoms with E-state index in [0.717, 1.165) is 19.3 Å². The Kier molecular flexibility index (Phi) is 8.49. The van der Waals surface area contributed by atoms with Gasteiger partial charge in [0.2, 0.25) is 0 Å². The van der Waals surface area contributed by atoms with Crippen LogP contribution in [-0.4, -0.2) is 17.6 Å². The Morgan fingerprint density at radius 1 is 0.963 bits per heavy atom. The number of nitrogens with one attached hydrogen (secondary N) is 1. The Balaban J connectivity index is 2.03. The molecular weight excluding hydrogens is 348 g/mol. The molecule has 1 heterocycles. The van der Waals surface area contributed by atoms with Crippen LogP contribution in [0.2, 0.25) is 0 Å². The number of H-pyrrole nitrogens is 1. The van der Waals surface area contributed by atoms with E-state index in [1.807, 2.05) is 0 Å².